The van der Waals surface area contributed by atoms with E-state index in [1.54, 1.807) is 22.6 Å². The zero-order valence-corrected chi connectivity index (χ0v) is 7.86. The quantitative estimate of drug-likeness (QED) is 0.703. The van der Waals surface area contributed by atoms with Gasteiger partial charge in [0, 0.05) is 19.3 Å². The molecule has 1 aromatic heterocycles. The number of nitrogens with zero attached hydrogens (tertiary/aromatic N) is 3. The zero-order valence-electron chi connectivity index (χ0n) is 6.23. The summed E-state index contributed by atoms with van der Waals surface area (Å²) >= 11 is 1.67. The second-order valence-electron chi connectivity index (χ2n) is 1.83. The highest BCUT2D eigenvalue weighted by molar-refractivity contribution is 7.99. The van der Waals surface area contributed by atoms with Gasteiger partial charge in [0.25, 0.3) is 0 Å². The lowest BCUT2D eigenvalue weighted by molar-refractivity contribution is 0.665. The van der Waals surface area contributed by atoms with Crippen LogP contribution in [0.2, 0.25) is 0 Å². The standard InChI is InChI=1S/C5H10N4S.ClH/c1-9-5(4-7-8-9)10-3-2-6;/h4H,2-3,6H2,1H3;1H. The SMILES string of the molecule is Cl.Cn1nncc1SCCN. The van der Waals surface area contributed by atoms with Gasteiger partial charge in [-0.15, -0.1) is 29.3 Å². The summed E-state index contributed by atoms with van der Waals surface area (Å²) in [6.07, 6.45) is 1.74. The summed E-state index contributed by atoms with van der Waals surface area (Å²) in [5.41, 5.74) is 5.32. The fourth-order valence-electron chi connectivity index (χ4n) is 0.574. The van der Waals surface area contributed by atoms with Crippen LogP contribution in [0.15, 0.2) is 11.2 Å². The molecule has 0 spiro atoms. The molecule has 6 heteroatoms. The van der Waals surface area contributed by atoms with Crippen LogP contribution in [0.3, 0.4) is 0 Å². The third-order valence-electron chi connectivity index (χ3n) is 1.04. The van der Waals surface area contributed by atoms with Crippen molar-refractivity contribution in [2.75, 3.05) is 12.3 Å². The largest absolute Gasteiger partial charge is 0.330 e. The molecule has 0 aliphatic rings. The molecular weight excluding hydrogens is 184 g/mol. The Labute approximate surface area is 75.9 Å². The molecule has 0 amide bonds. The highest BCUT2D eigenvalue weighted by Gasteiger charge is 1.97. The van der Waals surface area contributed by atoms with Crippen LogP contribution < -0.4 is 5.73 Å². The number of hydrogen-bond donors (Lipinski definition) is 1. The van der Waals surface area contributed by atoms with Crippen molar-refractivity contribution in [2.24, 2.45) is 12.8 Å². The Balaban J connectivity index is 0.000001000. The number of hydrogen-bond acceptors (Lipinski definition) is 4. The third-order valence-corrected chi connectivity index (χ3v) is 2.15. The average molecular weight is 195 g/mol. The van der Waals surface area contributed by atoms with Gasteiger partial charge in [-0.25, -0.2) is 4.68 Å². The fraction of sp³-hybridized carbons (Fsp3) is 0.600. The maximum atomic E-state index is 5.32. The Hall–Kier alpha value is -0.260. The average Bonchev–Trinajstić information content (AvgIpc) is 2.31. The van der Waals surface area contributed by atoms with Crippen LogP contribution in [0.4, 0.5) is 0 Å². The Morgan fingerprint density at radius 2 is 2.45 bits per heavy atom. The number of aromatic nitrogens is 3. The molecule has 0 saturated heterocycles. The Bertz CT molecular complexity index is 202. The molecule has 0 bridgehead atoms. The lowest BCUT2D eigenvalue weighted by atomic mass is 10.8. The predicted molar refractivity (Wildman–Crippen MR) is 48.0 cm³/mol. The maximum Gasteiger partial charge on any atom is 0.114 e. The lowest BCUT2D eigenvalue weighted by Crippen LogP contribution is -2.02. The summed E-state index contributed by atoms with van der Waals surface area (Å²) in [5.74, 6) is 0.918. The van der Waals surface area contributed by atoms with Gasteiger partial charge in [-0.2, -0.15) is 0 Å². The molecule has 11 heavy (non-hydrogen) atoms. The van der Waals surface area contributed by atoms with Gasteiger partial charge in [-0.05, 0) is 0 Å². The number of aryl methyl sites for hydroxylation is 1. The molecule has 0 saturated carbocycles. The molecular formula is C5H11ClN4S. The molecule has 2 N–H and O–H groups in total. The van der Waals surface area contributed by atoms with Gasteiger partial charge < -0.3 is 5.73 Å². The van der Waals surface area contributed by atoms with Crippen molar-refractivity contribution < 1.29 is 0 Å². The lowest BCUT2D eigenvalue weighted by Gasteiger charge is -1.95. The van der Waals surface area contributed by atoms with E-state index < -0.39 is 0 Å². The minimum atomic E-state index is 0. The van der Waals surface area contributed by atoms with Crippen LogP contribution in [0.1, 0.15) is 0 Å². The summed E-state index contributed by atoms with van der Waals surface area (Å²) in [6.45, 7) is 0.690. The predicted octanol–water partition coefficient (Wildman–Crippen LogP) is 0.288. The summed E-state index contributed by atoms with van der Waals surface area (Å²) in [4.78, 5) is 0. The molecule has 0 unspecified atom stereocenters. The molecule has 0 fully saturated rings. The van der Waals surface area contributed by atoms with Crippen LogP contribution in [0.5, 0.6) is 0 Å². The summed E-state index contributed by atoms with van der Waals surface area (Å²) in [5, 5.41) is 8.56. The highest BCUT2D eigenvalue weighted by Crippen LogP contribution is 2.12. The van der Waals surface area contributed by atoms with Gasteiger partial charge in [-0.1, -0.05) is 5.21 Å². The number of halogens is 1. The van der Waals surface area contributed by atoms with Crippen molar-refractivity contribution in [1.29, 1.82) is 0 Å². The van der Waals surface area contributed by atoms with E-state index in [4.69, 9.17) is 5.73 Å². The number of thioether (sulfide) groups is 1. The second-order valence-corrected chi connectivity index (χ2v) is 2.95. The Morgan fingerprint density at radius 3 is 2.91 bits per heavy atom. The normalized spacial score (nSPS) is 9.27. The fourth-order valence-corrected chi connectivity index (χ4v) is 1.25. The van der Waals surface area contributed by atoms with Crippen molar-refractivity contribution in [3.63, 3.8) is 0 Å². The van der Waals surface area contributed by atoms with Gasteiger partial charge in [0.15, 0.2) is 0 Å². The first kappa shape index (κ1) is 10.7. The van der Waals surface area contributed by atoms with Crippen LogP contribution in [0, 0.1) is 0 Å². The molecule has 0 aliphatic heterocycles. The molecule has 0 radical (unpaired) electrons. The van der Waals surface area contributed by atoms with Crippen molar-refractivity contribution >= 4 is 24.2 Å². The van der Waals surface area contributed by atoms with Gasteiger partial charge >= 0.3 is 0 Å². The summed E-state index contributed by atoms with van der Waals surface area (Å²) in [6, 6.07) is 0. The third kappa shape index (κ3) is 3.09. The van der Waals surface area contributed by atoms with Crippen molar-refractivity contribution in [1.82, 2.24) is 15.0 Å². The van der Waals surface area contributed by atoms with E-state index in [1.165, 1.54) is 0 Å². The second kappa shape index (κ2) is 5.40. The molecule has 0 atom stereocenters. The highest BCUT2D eigenvalue weighted by atomic mass is 35.5. The van der Waals surface area contributed by atoms with Crippen molar-refractivity contribution in [3.05, 3.63) is 6.20 Å². The molecule has 1 heterocycles. The molecule has 64 valence electrons. The van der Waals surface area contributed by atoms with Gasteiger partial charge in [-0.3, -0.25) is 0 Å². The van der Waals surface area contributed by atoms with E-state index in [-0.39, 0.29) is 12.4 Å². The van der Waals surface area contributed by atoms with Gasteiger partial charge in [0.2, 0.25) is 0 Å². The van der Waals surface area contributed by atoms with E-state index in [2.05, 4.69) is 10.3 Å². The first-order valence-electron chi connectivity index (χ1n) is 3.02. The van der Waals surface area contributed by atoms with E-state index >= 15 is 0 Å². The molecule has 0 aliphatic carbocycles. The van der Waals surface area contributed by atoms with Gasteiger partial charge in [0.05, 0.1) is 6.20 Å². The van der Waals surface area contributed by atoms with E-state index in [0.29, 0.717) is 6.54 Å². The number of rotatable bonds is 3. The van der Waals surface area contributed by atoms with E-state index in [0.717, 1.165) is 10.8 Å². The van der Waals surface area contributed by atoms with Crippen molar-refractivity contribution in [3.8, 4) is 0 Å². The Morgan fingerprint density at radius 1 is 1.73 bits per heavy atom. The summed E-state index contributed by atoms with van der Waals surface area (Å²) in [7, 11) is 1.87. The van der Waals surface area contributed by atoms with Crippen LogP contribution in [-0.4, -0.2) is 27.3 Å². The Kier molecular flexibility index (Phi) is 5.27. The van der Waals surface area contributed by atoms with Crippen molar-refractivity contribution in [2.45, 2.75) is 5.03 Å². The maximum absolute atomic E-state index is 5.32. The molecule has 1 rings (SSSR count). The first-order chi connectivity index (χ1) is 4.84. The van der Waals surface area contributed by atoms with Crippen LogP contribution in [0.25, 0.3) is 0 Å². The topological polar surface area (TPSA) is 56.7 Å². The van der Waals surface area contributed by atoms with Crippen LogP contribution >= 0.6 is 24.2 Å². The number of nitrogens with two attached hydrogens (primary N) is 1. The minimum Gasteiger partial charge on any atom is -0.330 e. The molecule has 4 nitrogen and oxygen atoms in total. The van der Waals surface area contributed by atoms with E-state index in [9.17, 15) is 0 Å². The minimum absolute atomic E-state index is 0. The van der Waals surface area contributed by atoms with Gasteiger partial charge in [0.1, 0.15) is 5.03 Å². The van der Waals surface area contributed by atoms with E-state index in [1.807, 2.05) is 7.05 Å². The van der Waals surface area contributed by atoms with Crippen LogP contribution in [-0.2, 0) is 7.05 Å². The zero-order chi connectivity index (χ0) is 7.40. The summed E-state index contributed by atoms with van der Waals surface area (Å²) < 4.78 is 1.74. The first-order valence-corrected chi connectivity index (χ1v) is 4.00. The molecule has 1 aromatic rings. The monoisotopic (exact) mass is 194 g/mol. The smallest absolute Gasteiger partial charge is 0.114 e. The molecule has 0 aromatic carbocycles.